The first kappa shape index (κ1) is 14.9. The van der Waals surface area contributed by atoms with Gasteiger partial charge in [-0.05, 0) is 25.5 Å². The first-order valence-electron chi connectivity index (χ1n) is 6.11. The number of guanidine groups is 1. The molecule has 0 radical (unpaired) electrons. The number of ether oxygens (including phenoxy) is 2. The van der Waals surface area contributed by atoms with Crippen molar-refractivity contribution in [3.8, 4) is 11.5 Å². The number of rotatable bonds is 6. The third-order valence-corrected chi connectivity index (χ3v) is 2.47. The summed E-state index contributed by atoms with van der Waals surface area (Å²) in [5.41, 5.74) is 6.60. The zero-order valence-electron chi connectivity index (χ0n) is 11.6. The van der Waals surface area contributed by atoms with Crippen LogP contribution in [-0.2, 0) is 0 Å². The summed E-state index contributed by atoms with van der Waals surface area (Å²) in [6.45, 7) is 2.64. The highest BCUT2D eigenvalue weighted by Crippen LogP contribution is 2.29. The molecule has 0 saturated carbocycles. The van der Waals surface area contributed by atoms with Crippen LogP contribution in [0.4, 0.5) is 5.69 Å². The van der Waals surface area contributed by atoms with Crippen molar-refractivity contribution in [2.75, 3.05) is 26.1 Å². The minimum absolute atomic E-state index is 0.386. The lowest BCUT2D eigenvalue weighted by atomic mass is 10.3. The van der Waals surface area contributed by atoms with Crippen LogP contribution in [0, 0.1) is 0 Å². The van der Waals surface area contributed by atoms with E-state index >= 15 is 0 Å². The lowest BCUT2D eigenvalue weighted by molar-refractivity contribution is 0.355. The van der Waals surface area contributed by atoms with Crippen LogP contribution in [0.15, 0.2) is 35.3 Å². The monoisotopic (exact) mass is 263 g/mol. The van der Waals surface area contributed by atoms with Gasteiger partial charge in [0.25, 0.3) is 0 Å². The highest BCUT2D eigenvalue weighted by molar-refractivity contribution is 5.92. The van der Waals surface area contributed by atoms with Crippen molar-refractivity contribution in [1.29, 1.82) is 0 Å². The van der Waals surface area contributed by atoms with Gasteiger partial charge in [0.05, 0.1) is 14.2 Å². The van der Waals surface area contributed by atoms with Crippen molar-refractivity contribution in [2.24, 2.45) is 10.7 Å². The molecule has 0 saturated heterocycles. The summed E-state index contributed by atoms with van der Waals surface area (Å²) < 4.78 is 10.4. The number of nitrogens with two attached hydrogens (primary N) is 1. The molecule has 0 atom stereocenters. The van der Waals surface area contributed by atoms with Crippen molar-refractivity contribution in [3.63, 3.8) is 0 Å². The van der Waals surface area contributed by atoms with Crippen molar-refractivity contribution >= 4 is 11.6 Å². The number of nitrogens with zero attached hydrogens (tertiary/aromatic N) is 1. The van der Waals surface area contributed by atoms with E-state index < -0.39 is 0 Å². The fraction of sp³-hybridized carbons (Fsp3) is 0.357. The van der Waals surface area contributed by atoms with Crippen LogP contribution < -0.4 is 20.5 Å². The van der Waals surface area contributed by atoms with Crippen molar-refractivity contribution in [3.05, 3.63) is 30.4 Å². The predicted molar refractivity (Wildman–Crippen MR) is 79.1 cm³/mol. The average Bonchev–Trinajstić information content (AvgIpc) is 2.43. The number of anilines is 1. The minimum Gasteiger partial charge on any atom is -0.493 e. The Kier molecular flexibility index (Phi) is 6.29. The van der Waals surface area contributed by atoms with Crippen LogP contribution in [0.2, 0.25) is 0 Å². The van der Waals surface area contributed by atoms with Crippen LogP contribution in [0.25, 0.3) is 0 Å². The minimum atomic E-state index is 0.386. The standard InChI is InChI=1S/C14H21N3O2/c1-4-5-6-9-16-14(15)17-11-7-8-12(18-2)13(10-11)19-3/h4-5,7-8,10H,6,9H2,1-3H3,(H3,15,16,17). The Labute approximate surface area is 114 Å². The number of benzene rings is 1. The Hall–Kier alpha value is -2.17. The van der Waals surface area contributed by atoms with Gasteiger partial charge < -0.3 is 20.5 Å². The molecule has 0 spiro atoms. The van der Waals surface area contributed by atoms with E-state index in [1.165, 1.54) is 0 Å². The lowest BCUT2D eigenvalue weighted by Gasteiger charge is -2.10. The van der Waals surface area contributed by atoms with Gasteiger partial charge in [0, 0.05) is 18.3 Å². The molecule has 0 unspecified atom stereocenters. The Bertz CT molecular complexity index is 456. The van der Waals surface area contributed by atoms with E-state index in [1.54, 1.807) is 14.2 Å². The van der Waals surface area contributed by atoms with Crippen molar-refractivity contribution < 1.29 is 9.47 Å². The summed E-state index contributed by atoms with van der Waals surface area (Å²) in [5, 5.41) is 3.01. The molecule has 5 heteroatoms. The molecule has 0 fully saturated rings. The molecule has 0 aliphatic rings. The average molecular weight is 263 g/mol. The molecule has 19 heavy (non-hydrogen) atoms. The summed E-state index contributed by atoms with van der Waals surface area (Å²) in [7, 11) is 3.19. The second-order valence-electron chi connectivity index (χ2n) is 3.82. The second-order valence-corrected chi connectivity index (χ2v) is 3.82. The first-order valence-corrected chi connectivity index (χ1v) is 6.11. The van der Waals surface area contributed by atoms with Gasteiger partial charge in [0.1, 0.15) is 0 Å². The maximum atomic E-state index is 5.79. The van der Waals surface area contributed by atoms with Crippen molar-refractivity contribution in [1.82, 2.24) is 0 Å². The lowest BCUT2D eigenvalue weighted by Crippen LogP contribution is -2.22. The molecule has 0 aromatic heterocycles. The number of aliphatic imine (C=N–C) groups is 1. The van der Waals surface area contributed by atoms with Crippen LogP contribution >= 0.6 is 0 Å². The molecule has 5 nitrogen and oxygen atoms in total. The number of allylic oxidation sites excluding steroid dienone is 1. The third kappa shape index (κ3) is 4.91. The van der Waals surface area contributed by atoms with E-state index in [9.17, 15) is 0 Å². The SMILES string of the molecule is CC=CCCN=C(N)Nc1ccc(OC)c(OC)c1. The van der Waals surface area contributed by atoms with Gasteiger partial charge in [-0.15, -0.1) is 0 Å². The van der Waals surface area contributed by atoms with E-state index in [4.69, 9.17) is 15.2 Å². The molecule has 3 N–H and O–H groups in total. The summed E-state index contributed by atoms with van der Waals surface area (Å²) in [4.78, 5) is 4.22. The quantitative estimate of drug-likeness (QED) is 0.358. The molecule has 0 aliphatic heterocycles. The largest absolute Gasteiger partial charge is 0.493 e. The van der Waals surface area contributed by atoms with Crippen molar-refractivity contribution in [2.45, 2.75) is 13.3 Å². The fourth-order valence-electron chi connectivity index (χ4n) is 1.53. The summed E-state index contributed by atoms with van der Waals surface area (Å²) >= 11 is 0. The van der Waals surface area contributed by atoms with E-state index in [1.807, 2.05) is 37.3 Å². The molecule has 104 valence electrons. The van der Waals surface area contributed by atoms with Crippen LogP contribution in [0.3, 0.4) is 0 Å². The third-order valence-electron chi connectivity index (χ3n) is 2.47. The van der Waals surface area contributed by atoms with Gasteiger partial charge in [-0.1, -0.05) is 12.2 Å². The van der Waals surface area contributed by atoms with Gasteiger partial charge in [0.15, 0.2) is 17.5 Å². The molecule has 0 amide bonds. The molecule has 0 aliphatic carbocycles. The molecule has 1 aromatic rings. The topological polar surface area (TPSA) is 68.9 Å². The highest BCUT2D eigenvalue weighted by atomic mass is 16.5. The predicted octanol–water partition coefficient (Wildman–Crippen LogP) is 2.40. The Balaban J connectivity index is 2.66. The Morgan fingerprint density at radius 3 is 2.68 bits per heavy atom. The number of methoxy groups -OCH3 is 2. The molecular formula is C14H21N3O2. The highest BCUT2D eigenvalue weighted by Gasteiger charge is 2.04. The van der Waals surface area contributed by atoms with Gasteiger partial charge in [0.2, 0.25) is 0 Å². The molecule has 0 bridgehead atoms. The Morgan fingerprint density at radius 2 is 2.05 bits per heavy atom. The number of nitrogens with one attached hydrogen (secondary N) is 1. The maximum Gasteiger partial charge on any atom is 0.193 e. The summed E-state index contributed by atoms with van der Waals surface area (Å²) in [5.74, 6) is 1.71. The Morgan fingerprint density at radius 1 is 1.32 bits per heavy atom. The van der Waals surface area contributed by atoms with Gasteiger partial charge in [-0.3, -0.25) is 4.99 Å². The van der Waals surface area contributed by atoms with E-state index in [2.05, 4.69) is 10.3 Å². The van der Waals surface area contributed by atoms with Gasteiger partial charge in [-0.2, -0.15) is 0 Å². The zero-order valence-corrected chi connectivity index (χ0v) is 11.6. The smallest absolute Gasteiger partial charge is 0.193 e. The zero-order chi connectivity index (χ0) is 14.1. The van der Waals surface area contributed by atoms with Crippen LogP contribution in [-0.4, -0.2) is 26.7 Å². The molecular weight excluding hydrogens is 242 g/mol. The summed E-state index contributed by atoms with van der Waals surface area (Å²) in [6.07, 6.45) is 4.92. The van der Waals surface area contributed by atoms with E-state index in [-0.39, 0.29) is 0 Å². The number of hydrogen-bond acceptors (Lipinski definition) is 3. The first-order chi connectivity index (χ1) is 9.21. The molecule has 1 rings (SSSR count). The molecule has 0 heterocycles. The normalized spacial score (nSPS) is 11.6. The fourth-order valence-corrected chi connectivity index (χ4v) is 1.53. The maximum absolute atomic E-state index is 5.79. The second kappa shape index (κ2) is 8.02. The summed E-state index contributed by atoms with van der Waals surface area (Å²) in [6, 6.07) is 5.48. The van der Waals surface area contributed by atoms with Crippen LogP contribution in [0.1, 0.15) is 13.3 Å². The van der Waals surface area contributed by atoms with E-state index in [0.29, 0.717) is 24.0 Å². The van der Waals surface area contributed by atoms with Gasteiger partial charge in [-0.25, -0.2) is 0 Å². The van der Waals surface area contributed by atoms with E-state index in [0.717, 1.165) is 12.1 Å². The van der Waals surface area contributed by atoms with Crippen LogP contribution in [0.5, 0.6) is 11.5 Å². The van der Waals surface area contributed by atoms with Gasteiger partial charge >= 0.3 is 0 Å². The number of hydrogen-bond donors (Lipinski definition) is 2. The molecule has 1 aromatic carbocycles.